The normalized spacial score (nSPS) is 19.2. The van der Waals surface area contributed by atoms with Crippen molar-refractivity contribution in [2.24, 2.45) is 0 Å². The van der Waals surface area contributed by atoms with Crippen molar-refractivity contribution in [3.63, 3.8) is 0 Å². The summed E-state index contributed by atoms with van der Waals surface area (Å²) in [6.07, 6.45) is 7.62. The van der Waals surface area contributed by atoms with Crippen molar-refractivity contribution in [3.8, 4) is 0 Å². The molecule has 0 spiro atoms. The molecule has 2 aliphatic carbocycles. The number of hydrogen-bond donors (Lipinski definition) is 1. The molecule has 18 heavy (non-hydrogen) atoms. The fourth-order valence-corrected chi connectivity index (χ4v) is 2.51. The van der Waals surface area contributed by atoms with Crippen molar-refractivity contribution in [2.45, 2.75) is 64.3 Å². The molecular formula is C15H23N3. The lowest BCUT2D eigenvalue weighted by atomic mass is 10.1. The van der Waals surface area contributed by atoms with Gasteiger partial charge in [0.2, 0.25) is 0 Å². The second kappa shape index (κ2) is 4.96. The Bertz CT molecular complexity index is 410. The van der Waals surface area contributed by atoms with Gasteiger partial charge in [-0.15, -0.1) is 0 Å². The van der Waals surface area contributed by atoms with E-state index in [1.807, 2.05) is 0 Å². The Morgan fingerprint density at radius 1 is 1.06 bits per heavy atom. The minimum absolute atomic E-state index is 0.660. The lowest BCUT2D eigenvalue weighted by Crippen LogP contribution is -2.18. The van der Waals surface area contributed by atoms with Gasteiger partial charge in [0.25, 0.3) is 0 Å². The lowest BCUT2D eigenvalue weighted by molar-refractivity contribution is 0.640. The molecule has 1 aromatic rings. The largest absolute Gasteiger partial charge is 0.314 e. The molecule has 98 valence electrons. The second-order valence-corrected chi connectivity index (χ2v) is 5.84. The SMILES string of the molecule is Cc1nc(C2CC2)nc(C)c1CCCNC1CC1. The molecule has 0 aliphatic heterocycles. The van der Waals surface area contributed by atoms with Crippen molar-refractivity contribution >= 4 is 0 Å². The van der Waals surface area contributed by atoms with Crippen molar-refractivity contribution in [2.75, 3.05) is 6.54 Å². The molecule has 1 heterocycles. The van der Waals surface area contributed by atoms with Gasteiger partial charge in [0.05, 0.1) is 0 Å². The van der Waals surface area contributed by atoms with Crippen LogP contribution in [-0.2, 0) is 6.42 Å². The second-order valence-electron chi connectivity index (χ2n) is 5.84. The Hall–Kier alpha value is -0.960. The van der Waals surface area contributed by atoms with Gasteiger partial charge in [-0.2, -0.15) is 0 Å². The fourth-order valence-electron chi connectivity index (χ4n) is 2.51. The van der Waals surface area contributed by atoms with Crippen molar-refractivity contribution in [3.05, 3.63) is 22.8 Å². The Morgan fingerprint density at radius 3 is 2.28 bits per heavy atom. The summed E-state index contributed by atoms with van der Waals surface area (Å²) in [4.78, 5) is 9.38. The highest BCUT2D eigenvalue weighted by Crippen LogP contribution is 2.38. The van der Waals surface area contributed by atoms with Crippen LogP contribution in [0.15, 0.2) is 0 Å². The van der Waals surface area contributed by atoms with Crippen LogP contribution in [0, 0.1) is 13.8 Å². The van der Waals surface area contributed by atoms with Crippen LogP contribution in [0.1, 0.15) is 60.8 Å². The Morgan fingerprint density at radius 2 is 1.72 bits per heavy atom. The van der Waals surface area contributed by atoms with Gasteiger partial charge in [0.1, 0.15) is 5.82 Å². The van der Waals surface area contributed by atoms with E-state index in [0.717, 1.165) is 24.8 Å². The molecule has 0 unspecified atom stereocenters. The molecule has 0 amide bonds. The van der Waals surface area contributed by atoms with Crippen molar-refractivity contribution in [1.82, 2.24) is 15.3 Å². The number of nitrogens with zero attached hydrogens (tertiary/aromatic N) is 2. The molecule has 2 aliphatic rings. The standard InChI is InChI=1S/C15H23N3/c1-10-14(4-3-9-16-13-7-8-13)11(2)18-15(17-10)12-5-6-12/h12-13,16H,3-9H2,1-2H3. The zero-order chi connectivity index (χ0) is 12.5. The van der Waals surface area contributed by atoms with Crippen LogP contribution < -0.4 is 5.32 Å². The Kier molecular flexibility index (Phi) is 3.33. The van der Waals surface area contributed by atoms with Crippen LogP contribution in [0.2, 0.25) is 0 Å². The highest BCUT2D eigenvalue weighted by atomic mass is 14.9. The number of nitrogens with one attached hydrogen (secondary N) is 1. The Balaban J connectivity index is 1.59. The summed E-state index contributed by atoms with van der Waals surface area (Å²) in [5.74, 6) is 1.75. The third kappa shape index (κ3) is 2.89. The summed E-state index contributed by atoms with van der Waals surface area (Å²) in [5, 5.41) is 3.56. The fraction of sp³-hybridized carbons (Fsp3) is 0.733. The molecule has 1 N–H and O–H groups in total. The minimum Gasteiger partial charge on any atom is -0.314 e. The summed E-state index contributed by atoms with van der Waals surface area (Å²) in [7, 11) is 0. The van der Waals surface area contributed by atoms with Crippen LogP contribution in [0.25, 0.3) is 0 Å². The van der Waals surface area contributed by atoms with Gasteiger partial charge in [-0.1, -0.05) is 0 Å². The van der Waals surface area contributed by atoms with E-state index in [4.69, 9.17) is 9.97 Å². The first kappa shape index (κ1) is 12.1. The smallest absolute Gasteiger partial charge is 0.131 e. The maximum atomic E-state index is 4.69. The first-order chi connectivity index (χ1) is 8.74. The van der Waals surface area contributed by atoms with Gasteiger partial charge in [0, 0.05) is 23.3 Å². The van der Waals surface area contributed by atoms with E-state index in [1.54, 1.807) is 0 Å². The van der Waals surface area contributed by atoms with E-state index >= 15 is 0 Å². The molecule has 3 nitrogen and oxygen atoms in total. The van der Waals surface area contributed by atoms with E-state index in [9.17, 15) is 0 Å². The molecule has 0 bridgehead atoms. The lowest BCUT2D eigenvalue weighted by Gasteiger charge is -2.10. The zero-order valence-corrected chi connectivity index (χ0v) is 11.5. The monoisotopic (exact) mass is 245 g/mol. The summed E-state index contributed by atoms with van der Waals surface area (Å²) in [6.45, 7) is 5.42. The van der Waals surface area contributed by atoms with Crippen LogP contribution in [0.4, 0.5) is 0 Å². The topological polar surface area (TPSA) is 37.8 Å². The van der Waals surface area contributed by atoms with Crippen LogP contribution in [0.3, 0.4) is 0 Å². The van der Waals surface area contributed by atoms with Gasteiger partial charge in [-0.3, -0.25) is 0 Å². The molecule has 1 aromatic heterocycles. The number of aromatic nitrogens is 2. The van der Waals surface area contributed by atoms with Gasteiger partial charge < -0.3 is 5.32 Å². The van der Waals surface area contributed by atoms with Crippen molar-refractivity contribution < 1.29 is 0 Å². The molecular weight excluding hydrogens is 222 g/mol. The summed E-state index contributed by atoms with van der Waals surface area (Å²) < 4.78 is 0. The predicted octanol–water partition coefficient (Wildman–Crippen LogP) is 2.66. The molecule has 2 fully saturated rings. The minimum atomic E-state index is 0.660. The number of aryl methyl sites for hydroxylation is 2. The van der Waals surface area contributed by atoms with Crippen molar-refractivity contribution in [1.29, 1.82) is 0 Å². The van der Waals surface area contributed by atoms with Gasteiger partial charge >= 0.3 is 0 Å². The van der Waals surface area contributed by atoms with E-state index in [-0.39, 0.29) is 0 Å². The van der Waals surface area contributed by atoms with E-state index in [0.29, 0.717) is 5.92 Å². The molecule has 0 aromatic carbocycles. The van der Waals surface area contributed by atoms with E-state index < -0.39 is 0 Å². The van der Waals surface area contributed by atoms with Crippen LogP contribution in [0.5, 0.6) is 0 Å². The average Bonchev–Trinajstić information content (AvgIpc) is 3.19. The first-order valence-corrected chi connectivity index (χ1v) is 7.31. The molecule has 0 atom stereocenters. The Labute approximate surface area is 109 Å². The number of rotatable bonds is 6. The third-order valence-corrected chi connectivity index (χ3v) is 3.99. The van der Waals surface area contributed by atoms with Crippen LogP contribution >= 0.6 is 0 Å². The van der Waals surface area contributed by atoms with Gasteiger partial charge in [0.15, 0.2) is 0 Å². The molecule has 2 saturated carbocycles. The maximum Gasteiger partial charge on any atom is 0.131 e. The molecule has 0 saturated heterocycles. The molecule has 0 radical (unpaired) electrons. The van der Waals surface area contributed by atoms with E-state index in [2.05, 4.69) is 19.2 Å². The highest BCUT2D eigenvalue weighted by Gasteiger charge is 2.27. The average molecular weight is 245 g/mol. The van der Waals surface area contributed by atoms with Crippen LogP contribution in [-0.4, -0.2) is 22.6 Å². The predicted molar refractivity (Wildman–Crippen MR) is 72.8 cm³/mol. The summed E-state index contributed by atoms with van der Waals surface area (Å²) in [5.41, 5.74) is 3.78. The highest BCUT2D eigenvalue weighted by molar-refractivity contribution is 5.26. The van der Waals surface area contributed by atoms with Gasteiger partial charge in [-0.25, -0.2) is 9.97 Å². The molecule has 3 rings (SSSR count). The summed E-state index contributed by atoms with van der Waals surface area (Å²) >= 11 is 0. The summed E-state index contributed by atoms with van der Waals surface area (Å²) in [6, 6.07) is 0.820. The quantitative estimate of drug-likeness (QED) is 0.783. The third-order valence-electron chi connectivity index (χ3n) is 3.99. The zero-order valence-electron chi connectivity index (χ0n) is 11.5. The van der Waals surface area contributed by atoms with E-state index in [1.165, 1.54) is 49.1 Å². The molecule has 3 heteroatoms. The first-order valence-electron chi connectivity index (χ1n) is 7.31. The maximum absolute atomic E-state index is 4.69. The van der Waals surface area contributed by atoms with Gasteiger partial charge in [-0.05, 0) is 64.5 Å². The number of hydrogen-bond acceptors (Lipinski definition) is 3.